The maximum atomic E-state index is 12.6. The van der Waals surface area contributed by atoms with Crippen molar-refractivity contribution in [1.82, 2.24) is 0 Å². The standard InChI is InChI=1S/C19H11F3O3S2/c20-19(21,22)27(23,24)25-13-6-3-5-12(11-13)14-8-4-9-16-15-7-1-2-10-17(15)26-18(14)16/h1-11H. The molecule has 0 atom stereocenters. The summed E-state index contributed by atoms with van der Waals surface area (Å²) in [5.74, 6) is -0.386. The first-order valence-electron chi connectivity index (χ1n) is 7.78. The van der Waals surface area contributed by atoms with Crippen molar-refractivity contribution in [2.45, 2.75) is 5.51 Å². The molecule has 4 rings (SSSR count). The summed E-state index contributed by atoms with van der Waals surface area (Å²) in [5, 5.41) is 2.12. The SMILES string of the molecule is O=S(=O)(Oc1cccc(-c2cccc3c2sc2ccccc23)c1)C(F)(F)F. The smallest absolute Gasteiger partial charge is 0.376 e. The average molecular weight is 408 g/mol. The van der Waals surface area contributed by atoms with Crippen molar-refractivity contribution in [3.63, 3.8) is 0 Å². The highest BCUT2D eigenvalue weighted by atomic mass is 32.2. The molecule has 0 bridgehead atoms. The molecule has 0 unspecified atom stereocenters. The lowest BCUT2D eigenvalue weighted by Crippen LogP contribution is -2.28. The van der Waals surface area contributed by atoms with Crippen LogP contribution in [-0.2, 0) is 10.1 Å². The topological polar surface area (TPSA) is 43.4 Å². The molecule has 0 saturated carbocycles. The molecule has 27 heavy (non-hydrogen) atoms. The Morgan fingerprint density at radius 2 is 1.56 bits per heavy atom. The first-order chi connectivity index (χ1) is 12.8. The number of halogens is 3. The Bertz CT molecular complexity index is 1260. The molecule has 1 aromatic heterocycles. The largest absolute Gasteiger partial charge is 0.534 e. The molecule has 0 radical (unpaired) electrons. The van der Waals surface area contributed by atoms with E-state index in [9.17, 15) is 21.6 Å². The third-order valence-electron chi connectivity index (χ3n) is 4.04. The van der Waals surface area contributed by atoms with E-state index in [0.29, 0.717) is 5.56 Å². The molecule has 138 valence electrons. The van der Waals surface area contributed by atoms with Gasteiger partial charge in [0.15, 0.2) is 0 Å². The Balaban J connectivity index is 1.83. The highest BCUT2D eigenvalue weighted by Gasteiger charge is 2.48. The van der Waals surface area contributed by atoms with Crippen LogP contribution < -0.4 is 4.18 Å². The van der Waals surface area contributed by atoms with Crippen LogP contribution in [0.2, 0.25) is 0 Å². The number of hydrogen-bond donors (Lipinski definition) is 0. The van der Waals surface area contributed by atoms with E-state index in [1.807, 2.05) is 42.5 Å². The molecule has 0 aliphatic carbocycles. The van der Waals surface area contributed by atoms with E-state index in [1.54, 1.807) is 17.4 Å². The van der Waals surface area contributed by atoms with Gasteiger partial charge in [-0.2, -0.15) is 21.6 Å². The van der Waals surface area contributed by atoms with E-state index in [-0.39, 0.29) is 5.75 Å². The maximum absolute atomic E-state index is 12.6. The second kappa shape index (κ2) is 6.24. The lowest BCUT2D eigenvalue weighted by molar-refractivity contribution is -0.0500. The number of thiophene rings is 1. The van der Waals surface area contributed by atoms with Crippen molar-refractivity contribution in [3.05, 3.63) is 66.7 Å². The zero-order valence-electron chi connectivity index (χ0n) is 13.5. The number of hydrogen-bond acceptors (Lipinski definition) is 4. The third-order valence-corrected chi connectivity index (χ3v) is 6.24. The van der Waals surface area contributed by atoms with E-state index in [0.717, 1.165) is 25.7 Å². The van der Waals surface area contributed by atoms with Crippen LogP contribution in [0.25, 0.3) is 31.3 Å². The van der Waals surface area contributed by atoms with Crippen LogP contribution in [0.15, 0.2) is 66.7 Å². The van der Waals surface area contributed by atoms with Gasteiger partial charge in [-0.3, -0.25) is 0 Å². The van der Waals surface area contributed by atoms with Gasteiger partial charge in [0.05, 0.1) is 0 Å². The van der Waals surface area contributed by atoms with Gasteiger partial charge < -0.3 is 4.18 Å². The minimum atomic E-state index is -5.71. The Labute approximate surface area is 156 Å². The fourth-order valence-electron chi connectivity index (χ4n) is 2.86. The maximum Gasteiger partial charge on any atom is 0.534 e. The monoisotopic (exact) mass is 408 g/mol. The Kier molecular flexibility index (Phi) is 4.12. The van der Waals surface area contributed by atoms with Gasteiger partial charge in [0, 0.05) is 20.2 Å². The number of benzene rings is 3. The lowest BCUT2D eigenvalue weighted by Gasteiger charge is -2.11. The van der Waals surface area contributed by atoms with Gasteiger partial charge in [-0.05, 0) is 29.3 Å². The summed E-state index contributed by atoms with van der Waals surface area (Å²) in [6, 6.07) is 19.2. The number of rotatable bonds is 3. The van der Waals surface area contributed by atoms with E-state index >= 15 is 0 Å². The Morgan fingerprint density at radius 3 is 2.33 bits per heavy atom. The second-order valence-corrected chi connectivity index (χ2v) is 8.38. The van der Waals surface area contributed by atoms with Crippen molar-refractivity contribution >= 4 is 41.6 Å². The van der Waals surface area contributed by atoms with Crippen LogP contribution in [0.3, 0.4) is 0 Å². The van der Waals surface area contributed by atoms with E-state index in [2.05, 4.69) is 4.18 Å². The molecule has 0 aliphatic rings. The fraction of sp³-hybridized carbons (Fsp3) is 0.0526. The van der Waals surface area contributed by atoms with Gasteiger partial charge in [0.2, 0.25) is 0 Å². The molecule has 0 N–H and O–H groups in total. The van der Waals surface area contributed by atoms with E-state index in [1.165, 1.54) is 18.2 Å². The van der Waals surface area contributed by atoms with Crippen LogP contribution >= 0.6 is 11.3 Å². The summed E-state index contributed by atoms with van der Waals surface area (Å²) >= 11 is 1.57. The molecular weight excluding hydrogens is 397 g/mol. The molecule has 3 aromatic carbocycles. The van der Waals surface area contributed by atoms with Crippen LogP contribution in [0.1, 0.15) is 0 Å². The molecule has 8 heteroatoms. The van der Waals surface area contributed by atoms with Crippen molar-refractivity contribution in [2.75, 3.05) is 0 Å². The zero-order chi connectivity index (χ0) is 19.2. The first kappa shape index (κ1) is 17.8. The predicted molar refractivity (Wildman–Crippen MR) is 100 cm³/mol. The summed E-state index contributed by atoms with van der Waals surface area (Å²) in [6.45, 7) is 0. The van der Waals surface area contributed by atoms with Gasteiger partial charge in [-0.1, -0.05) is 48.5 Å². The van der Waals surface area contributed by atoms with Crippen LogP contribution in [-0.4, -0.2) is 13.9 Å². The van der Waals surface area contributed by atoms with Crippen molar-refractivity contribution in [3.8, 4) is 16.9 Å². The van der Waals surface area contributed by atoms with Crippen molar-refractivity contribution in [2.24, 2.45) is 0 Å². The minimum absolute atomic E-state index is 0.386. The summed E-state index contributed by atoms with van der Waals surface area (Å²) in [6.07, 6.45) is 0. The summed E-state index contributed by atoms with van der Waals surface area (Å²) in [4.78, 5) is 0. The predicted octanol–water partition coefficient (Wildman–Crippen LogP) is 5.95. The highest BCUT2D eigenvalue weighted by Crippen LogP contribution is 2.40. The van der Waals surface area contributed by atoms with Crippen LogP contribution in [0, 0.1) is 0 Å². The number of alkyl halides is 3. The highest BCUT2D eigenvalue weighted by molar-refractivity contribution is 7.88. The summed E-state index contributed by atoms with van der Waals surface area (Å²) < 4.78 is 66.5. The van der Waals surface area contributed by atoms with Crippen molar-refractivity contribution in [1.29, 1.82) is 0 Å². The lowest BCUT2D eigenvalue weighted by atomic mass is 10.0. The first-order valence-corrected chi connectivity index (χ1v) is 10.0. The molecule has 0 aliphatic heterocycles. The zero-order valence-corrected chi connectivity index (χ0v) is 15.2. The van der Waals surface area contributed by atoms with Gasteiger partial charge >= 0.3 is 15.6 Å². The normalized spacial score (nSPS) is 12.6. The third kappa shape index (κ3) is 3.15. The van der Waals surface area contributed by atoms with E-state index < -0.39 is 15.6 Å². The van der Waals surface area contributed by atoms with Crippen molar-refractivity contribution < 1.29 is 25.8 Å². The molecule has 0 saturated heterocycles. The van der Waals surface area contributed by atoms with Gasteiger partial charge in [0.1, 0.15) is 5.75 Å². The van der Waals surface area contributed by atoms with Gasteiger partial charge in [0.25, 0.3) is 0 Å². The van der Waals surface area contributed by atoms with Gasteiger partial charge in [-0.25, -0.2) is 0 Å². The molecule has 4 aromatic rings. The average Bonchev–Trinajstić information content (AvgIpc) is 2.99. The molecule has 3 nitrogen and oxygen atoms in total. The summed E-state index contributed by atoms with van der Waals surface area (Å²) in [5.41, 5.74) is -4.11. The van der Waals surface area contributed by atoms with Gasteiger partial charge in [-0.15, -0.1) is 11.3 Å². The summed E-state index contributed by atoms with van der Waals surface area (Å²) in [7, 11) is -5.71. The molecular formula is C19H11F3O3S2. The van der Waals surface area contributed by atoms with Crippen LogP contribution in [0.5, 0.6) is 5.75 Å². The number of fused-ring (bicyclic) bond motifs is 3. The molecule has 0 fully saturated rings. The minimum Gasteiger partial charge on any atom is -0.376 e. The second-order valence-electron chi connectivity index (χ2n) is 5.79. The Hall–Kier alpha value is -2.58. The molecule has 0 spiro atoms. The quantitative estimate of drug-likeness (QED) is 0.311. The molecule has 0 amide bonds. The fourth-order valence-corrected chi connectivity index (χ4v) is 4.55. The molecule has 1 heterocycles. The Morgan fingerprint density at radius 1 is 0.852 bits per heavy atom. The van der Waals surface area contributed by atoms with E-state index in [4.69, 9.17) is 0 Å². The van der Waals surface area contributed by atoms with Crippen LogP contribution in [0.4, 0.5) is 13.2 Å².